The highest BCUT2D eigenvalue weighted by Gasteiger charge is 2.25. The van der Waals surface area contributed by atoms with E-state index in [9.17, 15) is 14.3 Å². The number of carboxylic acid groups (broad SMARTS) is 1. The lowest BCUT2D eigenvalue weighted by molar-refractivity contribution is 0.0696. The standard InChI is InChI=1S/C20H24FN3O2/c1-13-12-24(2)8-7-18(13)23-19-15(10-16(11-22-19)20(25)26)9-14-3-5-17(21)6-4-14/h3-6,10-11,13,18H,7-9,12H2,1-2H3,(H,22,23)(H,25,26). The third kappa shape index (κ3) is 4.38. The Balaban J connectivity index is 1.86. The first-order chi connectivity index (χ1) is 12.4. The Bertz CT molecular complexity index is 779. The van der Waals surface area contributed by atoms with Crippen LogP contribution in [0.5, 0.6) is 0 Å². The van der Waals surface area contributed by atoms with Crippen LogP contribution in [0.4, 0.5) is 10.2 Å². The molecule has 0 saturated carbocycles. The largest absolute Gasteiger partial charge is 0.478 e. The van der Waals surface area contributed by atoms with Crippen LogP contribution in [-0.4, -0.2) is 47.1 Å². The number of benzene rings is 1. The van der Waals surface area contributed by atoms with Crippen LogP contribution in [0.2, 0.25) is 0 Å². The van der Waals surface area contributed by atoms with E-state index in [1.165, 1.54) is 18.3 Å². The zero-order valence-corrected chi connectivity index (χ0v) is 15.1. The van der Waals surface area contributed by atoms with E-state index in [2.05, 4.69) is 29.2 Å². The molecule has 26 heavy (non-hydrogen) atoms. The molecule has 6 heteroatoms. The summed E-state index contributed by atoms with van der Waals surface area (Å²) in [7, 11) is 2.12. The van der Waals surface area contributed by atoms with E-state index < -0.39 is 5.97 Å². The van der Waals surface area contributed by atoms with Gasteiger partial charge in [-0.25, -0.2) is 14.2 Å². The van der Waals surface area contributed by atoms with Gasteiger partial charge < -0.3 is 15.3 Å². The van der Waals surface area contributed by atoms with Crippen molar-refractivity contribution in [2.75, 3.05) is 25.5 Å². The van der Waals surface area contributed by atoms with Crippen molar-refractivity contribution in [3.8, 4) is 0 Å². The highest BCUT2D eigenvalue weighted by Crippen LogP contribution is 2.24. The first-order valence-corrected chi connectivity index (χ1v) is 8.84. The number of piperidine rings is 1. The third-order valence-corrected chi connectivity index (χ3v) is 4.95. The Hall–Kier alpha value is -2.47. The second kappa shape index (κ2) is 7.83. The number of nitrogens with one attached hydrogen (secondary N) is 1. The summed E-state index contributed by atoms with van der Waals surface area (Å²) in [6.45, 7) is 4.24. The second-order valence-corrected chi connectivity index (χ2v) is 7.12. The maximum Gasteiger partial charge on any atom is 0.337 e. The minimum Gasteiger partial charge on any atom is -0.478 e. The van der Waals surface area contributed by atoms with Crippen LogP contribution in [0, 0.1) is 11.7 Å². The number of likely N-dealkylation sites (tertiary alicyclic amines) is 1. The van der Waals surface area contributed by atoms with E-state index in [-0.39, 0.29) is 11.4 Å². The lowest BCUT2D eigenvalue weighted by atomic mass is 9.93. The highest BCUT2D eigenvalue weighted by atomic mass is 19.1. The van der Waals surface area contributed by atoms with E-state index in [1.807, 2.05) is 0 Å². The molecule has 2 heterocycles. The average molecular weight is 357 g/mol. The monoisotopic (exact) mass is 357 g/mol. The minimum atomic E-state index is -1.00. The maximum atomic E-state index is 13.2. The van der Waals surface area contributed by atoms with Gasteiger partial charge in [0.2, 0.25) is 0 Å². The van der Waals surface area contributed by atoms with Gasteiger partial charge in [0.15, 0.2) is 0 Å². The van der Waals surface area contributed by atoms with Gasteiger partial charge in [-0.15, -0.1) is 0 Å². The van der Waals surface area contributed by atoms with Crippen LogP contribution in [0.3, 0.4) is 0 Å². The topological polar surface area (TPSA) is 65.5 Å². The van der Waals surface area contributed by atoms with Gasteiger partial charge in [0.25, 0.3) is 0 Å². The molecule has 0 bridgehead atoms. The Morgan fingerprint density at radius 1 is 1.38 bits per heavy atom. The molecule has 1 fully saturated rings. The SMILES string of the molecule is CC1CN(C)CCC1Nc1ncc(C(=O)O)cc1Cc1ccc(F)cc1. The smallest absolute Gasteiger partial charge is 0.337 e. The molecule has 5 nitrogen and oxygen atoms in total. The summed E-state index contributed by atoms with van der Waals surface area (Å²) in [6, 6.07) is 8.20. The van der Waals surface area contributed by atoms with E-state index >= 15 is 0 Å². The number of carbonyl (C=O) groups is 1. The quantitative estimate of drug-likeness (QED) is 0.860. The van der Waals surface area contributed by atoms with Crippen molar-refractivity contribution in [2.24, 2.45) is 5.92 Å². The van der Waals surface area contributed by atoms with Crippen molar-refractivity contribution < 1.29 is 14.3 Å². The number of aromatic carboxylic acids is 1. The van der Waals surface area contributed by atoms with Gasteiger partial charge in [-0.1, -0.05) is 19.1 Å². The molecule has 1 saturated heterocycles. The Morgan fingerprint density at radius 2 is 2.12 bits per heavy atom. The number of hydrogen-bond acceptors (Lipinski definition) is 4. The molecule has 1 aromatic carbocycles. The van der Waals surface area contributed by atoms with Crippen molar-refractivity contribution in [3.63, 3.8) is 0 Å². The van der Waals surface area contributed by atoms with Crippen molar-refractivity contribution >= 4 is 11.8 Å². The number of carboxylic acids is 1. The molecule has 0 spiro atoms. The Kier molecular flexibility index (Phi) is 5.52. The summed E-state index contributed by atoms with van der Waals surface area (Å²) in [4.78, 5) is 18.0. The molecule has 0 amide bonds. The van der Waals surface area contributed by atoms with Crippen LogP contribution in [-0.2, 0) is 6.42 Å². The van der Waals surface area contributed by atoms with E-state index in [4.69, 9.17) is 0 Å². The van der Waals surface area contributed by atoms with E-state index in [1.54, 1.807) is 18.2 Å². The molecule has 2 aromatic rings. The summed E-state index contributed by atoms with van der Waals surface area (Å²) in [5.41, 5.74) is 1.88. The van der Waals surface area contributed by atoms with Gasteiger partial charge in [-0.05, 0) is 55.3 Å². The summed E-state index contributed by atoms with van der Waals surface area (Å²) in [6.07, 6.45) is 2.90. The highest BCUT2D eigenvalue weighted by molar-refractivity contribution is 5.87. The lowest BCUT2D eigenvalue weighted by Crippen LogP contribution is -2.43. The van der Waals surface area contributed by atoms with Gasteiger partial charge in [-0.2, -0.15) is 0 Å². The van der Waals surface area contributed by atoms with Crippen LogP contribution in [0.1, 0.15) is 34.8 Å². The van der Waals surface area contributed by atoms with E-state index in [0.29, 0.717) is 24.2 Å². The van der Waals surface area contributed by atoms with Crippen molar-refractivity contribution in [3.05, 3.63) is 59.0 Å². The second-order valence-electron chi connectivity index (χ2n) is 7.12. The molecule has 3 rings (SSSR count). The number of pyridine rings is 1. The zero-order chi connectivity index (χ0) is 18.7. The van der Waals surface area contributed by atoms with Crippen LogP contribution in [0.25, 0.3) is 0 Å². The molecule has 2 N–H and O–H groups in total. The first-order valence-electron chi connectivity index (χ1n) is 8.84. The third-order valence-electron chi connectivity index (χ3n) is 4.95. The Labute approximate surface area is 152 Å². The van der Waals surface area contributed by atoms with Gasteiger partial charge in [0, 0.05) is 25.2 Å². The molecule has 2 unspecified atom stereocenters. The van der Waals surface area contributed by atoms with Crippen LogP contribution >= 0.6 is 0 Å². The summed E-state index contributed by atoms with van der Waals surface area (Å²) in [5, 5.41) is 12.8. The fourth-order valence-electron chi connectivity index (χ4n) is 3.46. The van der Waals surface area contributed by atoms with Crippen molar-refractivity contribution in [1.29, 1.82) is 0 Å². The summed E-state index contributed by atoms with van der Waals surface area (Å²) >= 11 is 0. The average Bonchev–Trinajstić information content (AvgIpc) is 2.60. The summed E-state index contributed by atoms with van der Waals surface area (Å²) < 4.78 is 13.2. The number of hydrogen-bond donors (Lipinski definition) is 2. The fraction of sp³-hybridized carbons (Fsp3) is 0.400. The van der Waals surface area contributed by atoms with E-state index in [0.717, 1.165) is 30.6 Å². The lowest BCUT2D eigenvalue weighted by Gasteiger charge is -2.35. The van der Waals surface area contributed by atoms with Gasteiger partial charge in [0.05, 0.1) is 5.56 Å². The number of rotatable bonds is 5. The molecule has 0 radical (unpaired) electrons. The molecule has 1 aromatic heterocycles. The van der Waals surface area contributed by atoms with Gasteiger partial charge in [0.1, 0.15) is 11.6 Å². The Morgan fingerprint density at radius 3 is 2.77 bits per heavy atom. The van der Waals surface area contributed by atoms with Crippen molar-refractivity contribution in [2.45, 2.75) is 25.8 Å². The number of aromatic nitrogens is 1. The fourth-order valence-corrected chi connectivity index (χ4v) is 3.46. The number of anilines is 1. The van der Waals surface area contributed by atoms with Gasteiger partial charge >= 0.3 is 5.97 Å². The zero-order valence-electron chi connectivity index (χ0n) is 15.1. The molecular weight excluding hydrogens is 333 g/mol. The molecular formula is C20H24FN3O2. The number of halogens is 1. The molecule has 2 atom stereocenters. The predicted octanol–water partition coefficient (Wildman–Crippen LogP) is 3.26. The normalized spacial score (nSPS) is 20.7. The molecule has 138 valence electrons. The predicted molar refractivity (Wildman–Crippen MR) is 99.1 cm³/mol. The maximum absolute atomic E-state index is 13.2. The van der Waals surface area contributed by atoms with Crippen LogP contribution in [0.15, 0.2) is 36.5 Å². The first kappa shape index (κ1) is 18.3. The van der Waals surface area contributed by atoms with Gasteiger partial charge in [-0.3, -0.25) is 0 Å². The van der Waals surface area contributed by atoms with Crippen LogP contribution < -0.4 is 5.32 Å². The molecule has 1 aliphatic heterocycles. The summed E-state index contributed by atoms with van der Waals surface area (Å²) in [5.74, 6) is -0.115. The minimum absolute atomic E-state index is 0.157. The molecule has 0 aliphatic carbocycles. The number of nitrogens with zero attached hydrogens (tertiary/aromatic N) is 2. The van der Waals surface area contributed by atoms with Crippen molar-refractivity contribution in [1.82, 2.24) is 9.88 Å². The molecule has 1 aliphatic rings.